The van der Waals surface area contributed by atoms with Gasteiger partial charge in [0.1, 0.15) is 0 Å². The van der Waals surface area contributed by atoms with Crippen molar-refractivity contribution < 1.29 is 9.21 Å². The molecule has 1 aromatic heterocycles. The van der Waals surface area contributed by atoms with Crippen molar-refractivity contribution >= 4 is 29.0 Å². The molecule has 0 atom stereocenters. The Balaban J connectivity index is 1.77. The maximum Gasteiger partial charge on any atom is 0.277 e. The van der Waals surface area contributed by atoms with Crippen LogP contribution >= 0.6 is 11.8 Å². The molecule has 1 heterocycles. The van der Waals surface area contributed by atoms with E-state index in [2.05, 4.69) is 10.2 Å². The van der Waals surface area contributed by atoms with E-state index in [9.17, 15) is 4.79 Å². The van der Waals surface area contributed by atoms with Gasteiger partial charge in [0.05, 0.1) is 5.75 Å². The quantitative estimate of drug-likeness (QED) is 0.605. The average Bonchev–Trinajstić information content (AvgIpc) is 3.12. The van der Waals surface area contributed by atoms with Crippen molar-refractivity contribution in [1.29, 1.82) is 0 Å². The van der Waals surface area contributed by atoms with E-state index in [0.29, 0.717) is 11.1 Å². The second kappa shape index (κ2) is 7.74. The highest BCUT2D eigenvalue weighted by atomic mass is 32.2. The Kier molecular flexibility index (Phi) is 5.42. The van der Waals surface area contributed by atoms with Crippen LogP contribution in [0.15, 0.2) is 70.3 Å². The lowest BCUT2D eigenvalue weighted by atomic mass is 9.97. The van der Waals surface area contributed by atoms with Gasteiger partial charge in [-0.1, -0.05) is 68.9 Å². The molecule has 0 N–H and O–H groups in total. The number of thioether (sulfide) groups is 1. The zero-order valence-electron chi connectivity index (χ0n) is 15.0. The summed E-state index contributed by atoms with van der Waals surface area (Å²) in [5.74, 6) is 0.716. The summed E-state index contributed by atoms with van der Waals surface area (Å²) < 4.78 is 5.66. The Morgan fingerprint density at radius 2 is 1.50 bits per heavy atom. The van der Waals surface area contributed by atoms with Gasteiger partial charge in [-0.15, -0.1) is 10.2 Å². The summed E-state index contributed by atoms with van der Waals surface area (Å²) in [7, 11) is 0. The first-order valence-corrected chi connectivity index (χ1v) is 9.33. The minimum Gasteiger partial charge on any atom is -0.415 e. The SMILES string of the molecule is CC(C)(C)c1nnc(SCC(=O)N(c2ccccc2)c2ccccc2)o1. The monoisotopic (exact) mass is 367 g/mol. The second-order valence-corrected chi connectivity index (χ2v) is 7.74. The Bertz CT molecular complexity index is 818. The van der Waals surface area contributed by atoms with E-state index in [1.165, 1.54) is 11.8 Å². The molecule has 0 bridgehead atoms. The van der Waals surface area contributed by atoms with Crippen LogP contribution in [0.2, 0.25) is 0 Å². The van der Waals surface area contributed by atoms with Crippen LogP contribution in [0, 0.1) is 0 Å². The minimum absolute atomic E-state index is 0.0529. The summed E-state index contributed by atoms with van der Waals surface area (Å²) >= 11 is 1.25. The molecule has 26 heavy (non-hydrogen) atoms. The third-order valence-corrected chi connectivity index (χ3v) is 4.45. The predicted octanol–water partition coefficient (Wildman–Crippen LogP) is 4.82. The molecule has 1 amide bonds. The number of hydrogen-bond acceptors (Lipinski definition) is 5. The van der Waals surface area contributed by atoms with Crippen molar-refractivity contribution in [2.75, 3.05) is 10.7 Å². The van der Waals surface area contributed by atoms with Crippen LogP contribution in [0.3, 0.4) is 0 Å². The summed E-state index contributed by atoms with van der Waals surface area (Å²) in [5.41, 5.74) is 1.44. The first-order chi connectivity index (χ1) is 12.4. The molecule has 0 fully saturated rings. The highest BCUT2D eigenvalue weighted by Crippen LogP contribution is 2.28. The number of carbonyl (C=O) groups is 1. The van der Waals surface area contributed by atoms with Crippen molar-refractivity contribution in [3.8, 4) is 0 Å². The number of benzene rings is 2. The van der Waals surface area contributed by atoms with E-state index < -0.39 is 0 Å². The van der Waals surface area contributed by atoms with Crippen molar-refractivity contribution in [1.82, 2.24) is 10.2 Å². The molecule has 0 spiro atoms. The Labute approximate surface area is 157 Å². The van der Waals surface area contributed by atoms with Crippen LogP contribution in [0.25, 0.3) is 0 Å². The third-order valence-electron chi connectivity index (χ3n) is 3.65. The predicted molar refractivity (Wildman–Crippen MR) is 104 cm³/mol. The first-order valence-electron chi connectivity index (χ1n) is 8.35. The zero-order chi connectivity index (χ0) is 18.6. The van der Waals surface area contributed by atoms with Gasteiger partial charge in [0.2, 0.25) is 11.8 Å². The summed E-state index contributed by atoms with van der Waals surface area (Å²) in [4.78, 5) is 14.6. The average molecular weight is 367 g/mol. The summed E-state index contributed by atoms with van der Waals surface area (Å²) in [6.45, 7) is 6.02. The van der Waals surface area contributed by atoms with Gasteiger partial charge in [-0.3, -0.25) is 9.69 Å². The molecule has 134 valence electrons. The van der Waals surface area contributed by atoms with E-state index >= 15 is 0 Å². The van der Waals surface area contributed by atoms with Gasteiger partial charge in [-0.25, -0.2) is 0 Å². The maximum absolute atomic E-state index is 12.9. The Hall–Kier alpha value is -2.60. The second-order valence-electron chi connectivity index (χ2n) is 6.81. The molecule has 0 unspecified atom stereocenters. The van der Waals surface area contributed by atoms with Crippen LogP contribution in [-0.2, 0) is 10.2 Å². The Morgan fingerprint density at radius 1 is 0.962 bits per heavy atom. The van der Waals surface area contributed by atoms with Gasteiger partial charge in [0.25, 0.3) is 5.22 Å². The molecular formula is C20H21N3O2S. The van der Waals surface area contributed by atoms with Gasteiger partial charge in [-0.05, 0) is 24.3 Å². The normalized spacial score (nSPS) is 11.3. The number of nitrogens with zero attached hydrogens (tertiary/aromatic N) is 3. The molecule has 5 nitrogen and oxygen atoms in total. The molecule has 6 heteroatoms. The summed E-state index contributed by atoms with van der Waals surface area (Å²) in [5, 5.41) is 8.51. The van der Waals surface area contributed by atoms with Crippen molar-refractivity contribution in [2.45, 2.75) is 31.4 Å². The molecule has 2 aromatic carbocycles. The molecular weight excluding hydrogens is 346 g/mol. The fourth-order valence-electron chi connectivity index (χ4n) is 2.35. The lowest BCUT2D eigenvalue weighted by molar-refractivity contribution is -0.115. The molecule has 3 aromatic rings. The van der Waals surface area contributed by atoms with Crippen LogP contribution in [0.1, 0.15) is 26.7 Å². The van der Waals surface area contributed by atoms with Gasteiger partial charge in [-0.2, -0.15) is 0 Å². The number of para-hydroxylation sites is 2. The Morgan fingerprint density at radius 3 is 1.96 bits per heavy atom. The van der Waals surface area contributed by atoms with Crippen LogP contribution in [-0.4, -0.2) is 21.9 Å². The van der Waals surface area contributed by atoms with Gasteiger partial charge in [0.15, 0.2) is 0 Å². The number of anilines is 2. The van der Waals surface area contributed by atoms with E-state index in [-0.39, 0.29) is 17.1 Å². The number of hydrogen-bond donors (Lipinski definition) is 0. The smallest absolute Gasteiger partial charge is 0.277 e. The van der Waals surface area contributed by atoms with Crippen molar-refractivity contribution in [2.24, 2.45) is 0 Å². The molecule has 0 aliphatic heterocycles. The zero-order valence-corrected chi connectivity index (χ0v) is 15.9. The van der Waals surface area contributed by atoms with E-state index in [4.69, 9.17) is 4.42 Å². The summed E-state index contributed by atoms with van der Waals surface area (Å²) in [6, 6.07) is 19.2. The highest BCUT2D eigenvalue weighted by molar-refractivity contribution is 7.99. The number of aromatic nitrogens is 2. The number of rotatable bonds is 5. The molecule has 3 rings (SSSR count). The fourth-order valence-corrected chi connectivity index (χ4v) is 2.96. The van der Waals surface area contributed by atoms with Crippen LogP contribution < -0.4 is 4.90 Å². The van der Waals surface area contributed by atoms with Crippen molar-refractivity contribution in [3.63, 3.8) is 0 Å². The van der Waals surface area contributed by atoms with Gasteiger partial charge < -0.3 is 4.42 Å². The highest BCUT2D eigenvalue weighted by Gasteiger charge is 2.23. The van der Waals surface area contributed by atoms with Crippen LogP contribution in [0.5, 0.6) is 0 Å². The third kappa shape index (κ3) is 4.32. The van der Waals surface area contributed by atoms with E-state index in [0.717, 1.165) is 11.4 Å². The van der Waals surface area contributed by atoms with E-state index in [1.807, 2.05) is 81.4 Å². The first kappa shape index (κ1) is 18.2. The van der Waals surface area contributed by atoms with Crippen LogP contribution in [0.4, 0.5) is 11.4 Å². The standard InChI is InChI=1S/C20H21N3O2S/c1-20(2,3)18-21-22-19(25-18)26-14-17(24)23(15-10-6-4-7-11-15)16-12-8-5-9-13-16/h4-13H,14H2,1-3H3. The van der Waals surface area contributed by atoms with Gasteiger partial charge >= 0.3 is 0 Å². The molecule has 0 saturated heterocycles. The summed E-state index contributed by atoms with van der Waals surface area (Å²) in [6.07, 6.45) is 0. The van der Waals surface area contributed by atoms with E-state index in [1.54, 1.807) is 4.90 Å². The maximum atomic E-state index is 12.9. The largest absolute Gasteiger partial charge is 0.415 e. The lowest BCUT2D eigenvalue weighted by Gasteiger charge is -2.22. The lowest BCUT2D eigenvalue weighted by Crippen LogP contribution is -2.27. The fraction of sp³-hybridized carbons (Fsp3) is 0.250. The van der Waals surface area contributed by atoms with Crippen molar-refractivity contribution in [3.05, 3.63) is 66.6 Å². The number of carbonyl (C=O) groups excluding carboxylic acids is 1. The molecule has 0 aliphatic carbocycles. The molecule has 0 aliphatic rings. The topological polar surface area (TPSA) is 59.2 Å². The minimum atomic E-state index is -0.212. The molecule has 0 saturated carbocycles. The molecule has 0 radical (unpaired) electrons. The number of amides is 1. The van der Waals surface area contributed by atoms with Gasteiger partial charge in [0, 0.05) is 16.8 Å².